The van der Waals surface area contributed by atoms with Gasteiger partial charge in [-0.2, -0.15) is 11.8 Å². The summed E-state index contributed by atoms with van der Waals surface area (Å²) in [5.74, 6) is 0.828. The number of hydrogen-bond donors (Lipinski definition) is 2. The van der Waals surface area contributed by atoms with Crippen molar-refractivity contribution >= 4 is 11.8 Å². The Labute approximate surface area is 78.9 Å². The summed E-state index contributed by atoms with van der Waals surface area (Å²) in [6, 6.07) is 0.300. The number of aliphatic hydroxyl groups excluding tert-OH is 1. The molecule has 1 aliphatic carbocycles. The lowest BCUT2D eigenvalue weighted by Gasteiger charge is -2.26. The molecule has 12 heavy (non-hydrogen) atoms. The highest BCUT2D eigenvalue weighted by atomic mass is 32.2. The van der Waals surface area contributed by atoms with Crippen LogP contribution >= 0.6 is 11.8 Å². The van der Waals surface area contributed by atoms with Crippen molar-refractivity contribution in [1.82, 2.24) is 0 Å². The first-order chi connectivity index (χ1) is 5.58. The molecule has 3 N–H and O–H groups in total. The zero-order chi connectivity index (χ0) is 9.19. The van der Waals surface area contributed by atoms with E-state index in [2.05, 4.69) is 13.8 Å². The smallest absolute Gasteiger partial charge is 0.0521 e. The van der Waals surface area contributed by atoms with E-state index in [1.807, 2.05) is 11.8 Å². The van der Waals surface area contributed by atoms with E-state index >= 15 is 0 Å². The Morgan fingerprint density at radius 1 is 1.58 bits per heavy atom. The molecule has 1 saturated carbocycles. The third-order valence-corrected chi connectivity index (χ3v) is 4.17. The lowest BCUT2D eigenvalue weighted by molar-refractivity contribution is 0.321. The van der Waals surface area contributed by atoms with Crippen LogP contribution in [-0.4, -0.2) is 28.8 Å². The van der Waals surface area contributed by atoms with E-state index in [4.69, 9.17) is 10.8 Å². The number of nitrogens with two attached hydrogens (primary N) is 1. The van der Waals surface area contributed by atoms with Crippen molar-refractivity contribution in [2.24, 2.45) is 11.1 Å². The molecule has 0 aliphatic heterocycles. The van der Waals surface area contributed by atoms with Gasteiger partial charge in [0, 0.05) is 17.0 Å². The first kappa shape index (κ1) is 10.4. The molecule has 0 aromatic carbocycles. The standard InChI is InChI=1S/C9H19NOS/c1-9(2)4-3-7(8(9)10)12-6-5-11/h7-8,11H,3-6,10H2,1-2H3. The molecule has 2 unspecified atom stereocenters. The third kappa shape index (κ3) is 2.15. The molecule has 0 aromatic rings. The fourth-order valence-corrected chi connectivity index (χ4v) is 3.02. The first-order valence-corrected chi connectivity index (χ1v) is 5.61. The molecule has 0 aromatic heterocycles. The van der Waals surface area contributed by atoms with Crippen molar-refractivity contribution in [3.05, 3.63) is 0 Å². The highest BCUT2D eigenvalue weighted by Gasteiger charge is 2.39. The molecule has 3 heteroatoms. The van der Waals surface area contributed by atoms with Gasteiger partial charge in [-0.05, 0) is 18.3 Å². The Bertz CT molecular complexity index is 149. The van der Waals surface area contributed by atoms with Crippen LogP contribution in [-0.2, 0) is 0 Å². The SMILES string of the molecule is CC1(C)CCC(SCCO)C1N. The molecule has 0 heterocycles. The summed E-state index contributed by atoms with van der Waals surface area (Å²) in [5.41, 5.74) is 6.39. The summed E-state index contributed by atoms with van der Waals surface area (Å²) >= 11 is 1.82. The van der Waals surface area contributed by atoms with Crippen LogP contribution in [0.1, 0.15) is 26.7 Å². The zero-order valence-electron chi connectivity index (χ0n) is 7.92. The van der Waals surface area contributed by atoms with E-state index in [9.17, 15) is 0 Å². The van der Waals surface area contributed by atoms with Gasteiger partial charge < -0.3 is 10.8 Å². The molecule has 1 aliphatic rings. The molecule has 72 valence electrons. The molecule has 1 rings (SSSR count). The van der Waals surface area contributed by atoms with Gasteiger partial charge in [-0.1, -0.05) is 13.8 Å². The van der Waals surface area contributed by atoms with Crippen LogP contribution in [0.25, 0.3) is 0 Å². The highest BCUT2D eigenvalue weighted by molar-refractivity contribution is 8.00. The third-order valence-electron chi connectivity index (χ3n) is 2.80. The van der Waals surface area contributed by atoms with E-state index in [0.29, 0.717) is 16.7 Å². The van der Waals surface area contributed by atoms with Gasteiger partial charge in [0.2, 0.25) is 0 Å². The quantitative estimate of drug-likeness (QED) is 0.702. The molecular formula is C9H19NOS. The van der Waals surface area contributed by atoms with Crippen molar-refractivity contribution in [2.75, 3.05) is 12.4 Å². The van der Waals surface area contributed by atoms with Crippen LogP contribution in [0.15, 0.2) is 0 Å². The maximum atomic E-state index is 8.68. The lowest BCUT2D eigenvalue weighted by atomic mass is 9.88. The van der Waals surface area contributed by atoms with Crippen molar-refractivity contribution in [3.63, 3.8) is 0 Å². The van der Waals surface area contributed by atoms with Crippen LogP contribution in [0.4, 0.5) is 0 Å². The van der Waals surface area contributed by atoms with E-state index in [1.165, 1.54) is 12.8 Å². The van der Waals surface area contributed by atoms with E-state index in [1.54, 1.807) is 0 Å². The fourth-order valence-electron chi connectivity index (χ4n) is 1.75. The van der Waals surface area contributed by atoms with Gasteiger partial charge in [-0.25, -0.2) is 0 Å². The monoisotopic (exact) mass is 189 g/mol. The van der Waals surface area contributed by atoms with Gasteiger partial charge >= 0.3 is 0 Å². The number of thioether (sulfide) groups is 1. The Morgan fingerprint density at radius 3 is 2.67 bits per heavy atom. The summed E-state index contributed by atoms with van der Waals surface area (Å²) in [6.07, 6.45) is 2.43. The van der Waals surface area contributed by atoms with Gasteiger partial charge in [0.05, 0.1) is 6.61 Å². The second-order valence-corrected chi connectivity index (χ2v) is 5.53. The van der Waals surface area contributed by atoms with Crippen LogP contribution in [0, 0.1) is 5.41 Å². The fraction of sp³-hybridized carbons (Fsp3) is 1.00. The summed E-state index contributed by atoms with van der Waals surface area (Å²) in [6.45, 7) is 4.74. The average molecular weight is 189 g/mol. The Hall–Kier alpha value is 0.270. The van der Waals surface area contributed by atoms with Gasteiger partial charge in [0.15, 0.2) is 0 Å². The first-order valence-electron chi connectivity index (χ1n) is 4.56. The van der Waals surface area contributed by atoms with Crippen molar-refractivity contribution in [3.8, 4) is 0 Å². The minimum atomic E-state index is 0.272. The normalized spacial score (nSPS) is 34.0. The van der Waals surface area contributed by atoms with Crippen LogP contribution < -0.4 is 5.73 Å². The topological polar surface area (TPSA) is 46.2 Å². The molecule has 0 amide bonds. The number of aliphatic hydroxyl groups is 1. The predicted octanol–water partition coefficient (Wildman–Crippen LogP) is 1.23. The maximum Gasteiger partial charge on any atom is 0.0521 e. The lowest BCUT2D eigenvalue weighted by Crippen LogP contribution is -2.38. The predicted molar refractivity (Wildman–Crippen MR) is 54.3 cm³/mol. The second-order valence-electron chi connectivity index (χ2n) is 4.19. The minimum Gasteiger partial charge on any atom is -0.396 e. The average Bonchev–Trinajstić information content (AvgIpc) is 2.26. The van der Waals surface area contributed by atoms with Crippen LogP contribution in [0.2, 0.25) is 0 Å². The van der Waals surface area contributed by atoms with E-state index in [0.717, 1.165) is 5.75 Å². The molecule has 2 atom stereocenters. The Morgan fingerprint density at radius 2 is 2.25 bits per heavy atom. The molecule has 0 bridgehead atoms. The van der Waals surface area contributed by atoms with Gasteiger partial charge in [0.1, 0.15) is 0 Å². The maximum absolute atomic E-state index is 8.68. The number of hydrogen-bond acceptors (Lipinski definition) is 3. The zero-order valence-corrected chi connectivity index (χ0v) is 8.73. The summed E-state index contributed by atoms with van der Waals surface area (Å²) in [4.78, 5) is 0. The van der Waals surface area contributed by atoms with Gasteiger partial charge in [0.25, 0.3) is 0 Å². The molecular weight excluding hydrogens is 170 g/mol. The van der Waals surface area contributed by atoms with Crippen LogP contribution in [0.3, 0.4) is 0 Å². The second kappa shape index (κ2) is 3.99. The molecule has 0 spiro atoms. The van der Waals surface area contributed by atoms with Crippen molar-refractivity contribution < 1.29 is 5.11 Å². The largest absolute Gasteiger partial charge is 0.396 e. The van der Waals surface area contributed by atoms with Gasteiger partial charge in [-0.3, -0.25) is 0 Å². The van der Waals surface area contributed by atoms with Crippen LogP contribution in [0.5, 0.6) is 0 Å². The summed E-state index contributed by atoms with van der Waals surface area (Å²) in [5, 5.41) is 9.24. The molecule has 1 fully saturated rings. The molecule has 0 saturated heterocycles. The number of rotatable bonds is 3. The van der Waals surface area contributed by atoms with E-state index in [-0.39, 0.29) is 6.61 Å². The highest BCUT2D eigenvalue weighted by Crippen LogP contribution is 2.41. The molecule has 0 radical (unpaired) electrons. The summed E-state index contributed by atoms with van der Waals surface area (Å²) < 4.78 is 0. The van der Waals surface area contributed by atoms with Crippen molar-refractivity contribution in [1.29, 1.82) is 0 Å². The molecule has 2 nitrogen and oxygen atoms in total. The van der Waals surface area contributed by atoms with Crippen molar-refractivity contribution in [2.45, 2.75) is 38.0 Å². The Balaban J connectivity index is 2.39. The Kier molecular flexibility index (Phi) is 3.44. The summed E-state index contributed by atoms with van der Waals surface area (Å²) in [7, 11) is 0. The van der Waals surface area contributed by atoms with E-state index < -0.39 is 0 Å². The van der Waals surface area contributed by atoms with Gasteiger partial charge in [-0.15, -0.1) is 0 Å². The minimum absolute atomic E-state index is 0.272.